The molecule has 1 aromatic carbocycles. The molecule has 1 aliphatic carbocycles. The Morgan fingerprint density at radius 2 is 2.06 bits per heavy atom. The fraction of sp³-hybridized carbons (Fsp3) is 0.143. The van der Waals surface area contributed by atoms with E-state index < -0.39 is 0 Å². The van der Waals surface area contributed by atoms with Gasteiger partial charge in [0.05, 0.1) is 23.1 Å². The van der Waals surface area contributed by atoms with Crippen molar-refractivity contribution in [3.05, 3.63) is 47.8 Å². The van der Waals surface area contributed by atoms with Gasteiger partial charge in [-0.15, -0.1) is 0 Å². The highest BCUT2D eigenvalue weighted by atomic mass is 15.5. The number of para-hydroxylation sites is 1. The standard InChI is InChI=1S/C14H12N4/c15-18-14-10(8-16-18)5-6-13-11(14)7-9-3-1-2-4-12(9)17-13/h1-4,7-8H,5-6,15H2. The van der Waals surface area contributed by atoms with Crippen molar-refractivity contribution in [1.29, 1.82) is 0 Å². The van der Waals surface area contributed by atoms with E-state index in [-0.39, 0.29) is 0 Å². The first-order chi connectivity index (χ1) is 8.83. The zero-order chi connectivity index (χ0) is 12.1. The second kappa shape index (κ2) is 3.32. The van der Waals surface area contributed by atoms with Gasteiger partial charge >= 0.3 is 0 Å². The molecule has 0 bridgehead atoms. The molecule has 18 heavy (non-hydrogen) atoms. The molecule has 88 valence electrons. The minimum Gasteiger partial charge on any atom is -0.323 e. The first kappa shape index (κ1) is 9.65. The number of hydrogen-bond donors (Lipinski definition) is 1. The van der Waals surface area contributed by atoms with Crippen LogP contribution < -0.4 is 5.84 Å². The van der Waals surface area contributed by atoms with Crippen molar-refractivity contribution in [3.63, 3.8) is 0 Å². The van der Waals surface area contributed by atoms with E-state index in [2.05, 4.69) is 17.2 Å². The van der Waals surface area contributed by atoms with Crippen molar-refractivity contribution in [2.75, 3.05) is 5.84 Å². The Balaban J connectivity index is 2.08. The molecule has 2 aromatic heterocycles. The number of pyridine rings is 1. The molecule has 0 aliphatic heterocycles. The normalized spacial score (nSPS) is 13.3. The number of nitrogens with zero attached hydrogens (tertiary/aromatic N) is 3. The van der Waals surface area contributed by atoms with Crippen LogP contribution in [0.15, 0.2) is 36.5 Å². The van der Waals surface area contributed by atoms with Crippen LogP contribution >= 0.6 is 0 Å². The van der Waals surface area contributed by atoms with E-state index in [4.69, 9.17) is 10.8 Å². The lowest BCUT2D eigenvalue weighted by molar-refractivity contribution is 0.828. The van der Waals surface area contributed by atoms with E-state index in [1.807, 2.05) is 24.4 Å². The SMILES string of the molecule is Nn1ncc2c1-c1cc3ccccc3nc1CC2. The van der Waals surface area contributed by atoms with Gasteiger partial charge in [-0.25, -0.2) is 0 Å². The summed E-state index contributed by atoms with van der Waals surface area (Å²) >= 11 is 0. The van der Waals surface area contributed by atoms with Crippen LogP contribution in [0.4, 0.5) is 0 Å². The Bertz CT molecular complexity index is 758. The van der Waals surface area contributed by atoms with Gasteiger partial charge in [0.25, 0.3) is 0 Å². The van der Waals surface area contributed by atoms with Gasteiger partial charge in [0.1, 0.15) is 0 Å². The fourth-order valence-electron chi connectivity index (χ4n) is 2.68. The van der Waals surface area contributed by atoms with Crippen LogP contribution in [0.3, 0.4) is 0 Å². The van der Waals surface area contributed by atoms with Gasteiger partial charge in [0.2, 0.25) is 0 Å². The molecule has 0 spiro atoms. The topological polar surface area (TPSA) is 56.7 Å². The van der Waals surface area contributed by atoms with Crippen LogP contribution in [-0.2, 0) is 12.8 Å². The number of nitrogens with two attached hydrogens (primary N) is 1. The second-order valence-electron chi connectivity index (χ2n) is 4.64. The largest absolute Gasteiger partial charge is 0.323 e. The van der Waals surface area contributed by atoms with Gasteiger partial charge in [0, 0.05) is 16.5 Å². The molecule has 0 saturated carbocycles. The number of nitrogen functional groups attached to an aromatic ring is 1. The lowest BCUT2D eigenvalue weighted by Gasteiger charge is -2.16. The van der Waals surface area contributed by atoms with E-state index in [9.17, 15) is 0 Å². The summed E-state index contributed by atoms with van der Waals surface area (Å²) in [5, 5.41) is 5.29. The number of aromatic nitrogens is 3. The predicted octanol–water partition coefficient (Wildman–Crippen LogP) is 1.91. The molecule has 1 aliphatic rings. The van der Waals surface area contributed by atoms with Crippen LogP contribution in [-0.4, -0.2) is 14.9 Å². The summed E-state index contributed by atoms with van der Waals surface area (Å²) in [6.07, 6.45) is 3.77. The molecule has 2 N–H and O–H groups in total. The summed E-state index contributed by atoms with van der Waals surface area (Å²) in [6.45, 7) is 0. The van der Waals surface area contributed by atoms with Gasteiger partial charge in [-0.05, 0) is 25.0 Å². The highest BCUT2D eigenvalue weighted by Gasteiger charge is 2.21. The first-order valence-electron chi connectivity index (χ1n) is 6.04. The van der Waals surface area contributed by atoms with Crippen LogP contribution in [0.1, 0.15) is 11.3 Å². The smallest absolute Gasteiger partial charge is 0.0966 e. The summed E-state index contributed by atoms with van der Waals surface area (Å²) in [6, 6.07) is 10.3. The van der Waals surface area contributed by atoms with Crippen molar-refractivity contribution in [3.8, 4) is 11.3 Å². The van der Waals surface area contributed by atoms with E-state index in [1.165, 1.54) is 10.4 Å². The molecule has 4 heteroatoms. The Labute approximate surface area is 104 Å². The molecule has 0 saturated heterocycles. The van der Waals surface area contributed by atoms with Gasteiger partial charge in [0.15, 0.2) is 0 Å². The van der Waals surface area contributed by atoms with Gasteiger partial charge in [-0.1, -0.05) is 18.2 Å². The van der Waals surface area contributed by atoms with Gasteiger partial charge < -0.3 is 5.84 Å². The maximum atomic E-state index is 5.90. The Morgan fingerprint density at radius 1 is 1.17 bits per heavy atom. The molecule has 4 nitrogen and oxygen atoms in total. The summed E-state index contributed by atoms with van der Waals surface area (Å²) in [7, 11) is 0. The average molecular weight is 236 g/mol. The zero-order valence-corrected chi connectivity index (χ0v) is 9.80. The summed E-state index contributed by atoms with van der Waals surface area (Å²) < 4.78 is 0. The lowest BCUT2D eigenvalue weighted by atomic mass is 9.93. The Morgan fingerprint density at radius 3 is 3.00 bits per heavy atom. The molecular weight excluding hydrogens is 224 g/mol. The maximum Gasteiger partial charge on any atom is 0.0966 e. The van der Waals surface area contributed by atoms with Crippen LogP contribution in [0.5, 0.6) is 0 Å². The first-order valence-corrected chi connectivity index (χ1v) is 6.04. The number of hydrogen-bond acceptors (Lipinski definition) is 3. The number of fused-ring (bicyclic) bond motifs is 4. The molecule has 2 heterocycles. The zero-order valence-electron chi connectivity index (χ0n) is 9.80. The lowest BCUT2D eigenvalue weighted by Crippen LogP contribution is -2.15. The monoisotopic (exact) mass is 236 g/mol. The molecule has 0 fully saturated rings. The summed E-state index contributed by atoms with van der Waals surface area (Å²) in [5.41, 5.74) is 5.50. The third kappa shape index (κ3) is 1.20. The van der Waals surface area contributed by atoms with Gasteiger partial charge in [-0.2, -0.15) is 9.89 Å². The fourth-order valence-corrected chi connectivity index (χ4v) is 2.68. The molecule has 0 amide bonds. The number of aryl methyl sites for hydroxylation is 2. The van der Waals surface area contributed by atoms with Crippen molar-refractivity contribution in [2.45, 2.75) is 12.8 Å². The number of benzene rings is 1. The van der Waals surface area contributed by atoms with Gasteiger partial charge in [-0.3, -0.25) is 4.98 Å². The van der Waals surface area contributed by atoms with Crippen LogP contribution in [0.2, 0.25) is 0 Å². The van der Waals surface area contributed by atoms with Crippen LogP contribution in [0.25, 0.3) is 22.2 Å². The Kier molecular flexibility index (Phi) is 1.78. The minimum atomic E-state index is 0.957. The maximum absolute atomic E-state index is 5.90. The van der Waals surface area contributed by atoms with Crippen molar-refractivity contribution < 1.29 is 0 Å². The Hall–Kier alpha value is -2.36. The molecule has 0 radical (unpaired) electrons. The van der Waals surface area contributed by atoms with Crippen molar-refractivity contribution >= 4 is 10.9 Å². The predicted molar refractivity (Wildman–Crippen MR) is 70.5 cm³/mol. The molecular formula is C14H12N4. The highest BCUT2D eigenvalue weighted by Crippen LogP contribution is 2.33. The highest BCUT2D eigenvalue weighted by molar-refractivity contribution is 5.85. The van der Waals surface area contributed by atoms with E-state index >= 15 is 0 Å². The average Bonchev–Trinajstić information content (AvgIpc) is 2.78. The third-order valence-corrected chi connectivity index (χ3v) is 3.56. The van der Waals surface area contributed by atoms with Crippen LogP contribution in [0, 0.1) is 0 Å². The van der Waals surface area contributed by atoms with E-state index in [0.29, 0.717) is 0 Å². The van der Waals surface area contributed by atoms with E-state index in [0.717, 1.165) is 40.7 Å². The van der Waals surface area contributed by atoms with Crippen molar-refractivity contribution in [1.82, 2.24) is 14.9 Å². The second-order valence-corrected chi connectivity index (χ2v) is 4.64. The molecule has 0 atom stereocenters. The molecule has 4 rings (SSSR count). The van der Waals surface area contributed by atoms with Crippen molar-refractivity contribution in [2.24, 2.45) is 0 Å². The quantitative estimate of drug-likeness (QED) is 0.606. The molecule has 0 unspecified atom stereocenters. The minimum absolute atomic E-state index is 0.957. The number of rotatable bonds is 0. The van der Waals surface area contributed by atoms with E-state index in [1.54, 1.807) is 0 Å². The summed E-state index contributed by atoms with van der Waals surface area (Å²) in [4.78, 5) is 6.20. The summed E-state index contributed by atoms with van der Waals surface area (Å²) in [5.74, 6) is 5.90. The molecule has 3 aromatic rings. The third-order valence-electron chi connectivity index (χ3n) is 3.56.